The number of alkyl carbamates (subject to hydrolysis) is 1. The number of carboxylic acid groups (broad SMARTS) is 1. The standard InChI is InChI=1S/C18H25NO4.C11H18O4/c1-17(2)14(10-11-18(17,3)15(20)22-4)19-16(21)23-12-13-8-6-5-7-9-13;1-10(2)7(8(12)13)5-6-11(10,3)9(14)15-4/h5-9,14H,10-12H2,1-4H3,(H,19,21);7H,5-6H2,1-4H3,(H,12,13)/t14-,18-;7-,11+/m10/s1. The second kappa shape index (κ2) is 11.7. The summed E-state index contributed by atoms with van der Waals surface area (Å²) in [4.78, 5) is 47.0. The van der Waals surface area contributed by atoms with E-state index in [0.717, 1.165) is 12.0 Å². The van der Waals surface area contributed by atoms with Crippen LogP contribution < -0.4 is 5.32 Å². The number of aliphatic carboxylic acids is 1. The number of amides is 1. The lowest BCUT2D eigenvalue weighted by Crippen LogP contribution is -2.49. The van der Waals surface area contributed by atoms with Crippen LogP contribution in [0.25, 0.3) is 0 Å². The Bertz CT molecular complexity index is 1020. The first-order valence-corrected chi connectivity index (χ1v) is 13.0. The summed E-state index contributed by atoms with van der Waals surface area (Å²) in [6, 6.07) is 9.40. The normalized spacial score (nSPS) is 28.8. The third kappa shape index (κ3) is 5.81. The molecule has 2 N–H and O–H groups in total. The van der Waals surface area contributed by atoms with Crippen LogP contribution >= 0.6 is 0 Å². The van der Waals surface area contributed by atoms with Crippen molar-refractivity contribution in [2.45, 2.75) is 79.9 Å². The summed E-state index contributed by atoms with van der Waals surface area (Å²) in [5.41, 5.74) is -1.34. The van der Waals surface area contributed by atoms with Gasteiger partial charge in [0.05, 0.1) is 31.0 Å². The number of hydrogen-bond acceptors (Lipinski definition) is 7. The van der Waals surface area contributed by atoms with Gasteiger partial charge in [0.1, 0.15) is 6.61 Å². The van der Waals surface area contributed by atoms with E-state index in [1.165, 1.54) is 14.2 Å². The topological polar surface area (TPSA) is 128 Å². The van der Waals surface area contributed by atoms with Crippen molar-refractivity contribution >= 4 is 24.0 Å². The molecule has 38 heavy (non-hydrogen) atoms. The molecule has 2 aliphatic rings. The zero-order chi connectivity index (χ0) is 28.9. The molecule has 9 nitrogen and oxygen atoms in total. The molecule has 2 fully saturated rings. The highest BCUT2D eigenvalue weighted by molar-refractivity contribution is 5.81. The van der Waals surface area contributed by atoms with Crippen LogP contribution in [0.15, 0.2) is 30.3 Å². The average molecular weight is 534 g/mol. The number of carbonyl (C=O) groups is 4. The second-order valence-electron chi connectivity index (χ2n) is 11.8. The van der Waals surface area contributed by atoms with E-state index >= 15 is 0 Å². The number of carbonyl (C=O) groups excluding carboxylic acids is 3. The molecule has 2 saturated carbocycles. The van der Waals surface area contributed by atoms with Gasteiger partial charge in [0.2, 0.25) is 0 Å². The molecule has 0 unspecified atom stereocenters. The van der Waals surface area contributed by atoms with Gasteiger partial charge in [-0.3, -0.25) is 14.4 Å². The zero-order valence-electron chi connectivity index (χ0n) is 23.9. The Kier molecular flexibility index (Phi) is 9.62. The van der Waals surface area contributed by atoms with Gasteiger partial charge in [-0.25, -0.2) is 4.79 Å². The number of benzene rings is 1. The van der Waals surface area contributed by atoms with Gasteiger partial charge in [0.25, 0.3) is 0 Å². The molecule has 3 rings (SSSR count). The molecular formula is C29H43NO8. The van der Waals surface area contributed by atoms with E-state index in [-0.39, 0.29) is 24.6 Å². The molecule has 1 aromatic rings. The number of hydrogen-bond donors (Lipinski definition) is 2. The van der Waals surface area contributed by atoms with E-state index in [9.17, 15) is 19.2 Å². The lowest BCUT2D eigenvalue weighted by Gasteiger charge is -2.39. The zero-order valence-corrected chi connectivity index (χ0v) is 23.9. The lowest BCUT2D eigenvalue weighted by atomic mass is 9.66. The first kappa shape index (κ1) is 31.1. The van der Waals surface area contributed by atoms with Crippen molar-refractivity contribution in [2.75, 3.05) is 14.2 Å². The average Bonchev–Trinajstić information content (AvgIpc) is 3.26. The van der Waals surface area contributed by atoms with Gasteiger partial charge in [0, 0.05) is 11.5 Å². The van der Waals surface area contributed by atoms with Crippen molar-refractivity contribution in [1.29, 1.82) is 0 Å². The van der Waals surface area contributed by atoms with Crippen LogP contribution in [0.3, 0.4) is 0 Å². The second-order valence-corrected chi connectivity index (χ2v) is 11.8. The summed E-state index contributed by atoms with van der Waals surface area (Å²) in [7, 11) is 2.75. The third-order valence-corrected chi connectivity index (χ3v) is 9.53. The fraction of sp³-hybridized carbons (Fsp3) is 0.655. The first-order chi connectivity index (χ1) is 17.6. The highest BCUT2D eigenvalue weighted by atomic mass is 16.5. The Morgan fingerprint density at radius 1 is 0.842 bits per heavy atom. The summed E-state index contributed by atoms with van der Waals surface area (Å²) in [6.45, 7) is 11.6. The molecule has 0 saturated heterocycles. The fourth-order valence-electron chi connectivity index (χ4n) is 5.77. The van der Waals surface area contributed by atoms with Gasteiger partial charge in [-0.2, -0.15) is 0 Å². The van der Waals surface area contributed by atoms with E-state index in [0.29, 0.717) is 19.3 Å². The Morgan fingerprint density at radius 2 is 1.34 bits per heavy atom. The number of esters is 2. The van der Waals surface area contributed by atoms with Gasteiger partial charge in [-0.15, -0.1) is 0 Å². The number of carboxylic acids is 1. The Hall–Kier alpha value is -3.10. The van der Waals surface area contributed by atoms with Crippen molar-refractivity contribution in [3.05, 3.63) is 35.9 Å². The Morgan fingerprint density at radius 3 is 1.82 bits per heavy atom. The van der Waals surface area contributed by atoms with Crippen LogP contribution in [0.2, 0.25) is 0 Å². The summed E-state index contributed by atoms with van der Waals surface area (Å²) < 4.78 is 15.0. The molecule has 9 heteroatoms. The summed E-state index contributed by atoms with van der Waals surface area (Å²) in [6.07, 6.45) is 2.05. The van der Waals surface area contributed by atoms with Gasteiger partial charge in [-0.1, -0.05) is 58.0 Å². The minimum Gasteiger partial charge on any atom is -0.481 e. The molecule has 0 heterocycles. The van der Waals surface area contributed by atoms with Crippen molar-refractivity contribution in [2.24, 2.45) is 27.6 Å². The van der Waals surface area contributed by atoms with E-state index in [4.69, 9.17) is 19.3 Å². The maximum absolute atomic E-state index is 12.1. The quantitative estimate of drug-likeness (QED) is 0.388. The Balaban J connectivity index is 0.000000293. The van der Waals surface area contributed by atoms with E-state index in [1.54, 1.807) is 6.92 Å². The van der Waals surface area contributed by atoms with Crippen molar-refractivity contribution in [1.82, 2.24) is 5.32 Å². The minimum absolute atomic E-state index is 0.130. The number of nitrogens with one attached hydrogen (secondary N) is 1. The van der Waals surface area contributed by atoms with Crippen molar-refractivity contribution in [3.63, 3.8) is 0 Å². The molecule has 0 spiro atoms. The molecule has 2 aliphatic carbocycles. The smallest absolute Gasteiger partial charge is 0.407 e. The predicted molar refractivity (Wildman–Crippen MR) is 141 cm³/mol. The van der Waals surface area contributed by atoms with Gasteiger partial charge in [0.15, 0.2) is 0 Å². The van der Waals surface area contributed by atoms with Crippen LogP contribution in [-0.2, 0) is 35.2 Å². The van der Waals surface area contributed by atoms with E-state index in [2.05, 4.69) is 5.32 Å². The van der Waals surface area contributed by atoms with Crippen molar-refractivity contribution in [3.8, 4) is 0 Å². The molecule has 0 radical (unpaired) electrons. The summed E-state index contributed by atoms with van der Waals surface area (Å²) in [5, 5.41) is 12.0. The van der Waals surface area contributed by atoms with Crippen LogP contribution in [0, 0.1) is 27.6 Å². The highest BCUT2D eigenvalue weighted by Gasteiger charge is 2.59. The Labute approximate surface area is 225 Å². The third-order valence-electron chi connectivity index (χ3n) is 9.53. The van der Waals surface area contributed by atoms with E-state index < -0.39 is 39.6 Å². The minimum atomic E-state index is -0.826. The molecule has 0 bridgehead atoms. The number of methoxy groups -OCH3 is 2. The van der Waals surface area contributed by atoms with Crippen LogP contribution in [0.1, 0.15) is 72.8 Å². The van der Waals surface area contributed by atoms with Crippen LogP contribution in [-0.4, -0.2) is 49.4 Å². The summed E-state index contributed by atoms with van der Waals surface area (Å²) in [5.74, 6) is -1.84. The van der Waals surface area contributed by atoms with E-state index in [1.807, 2.05) is 65.0 Å². The van der Waals surface area contributed by atoms with Crippen LogP contribution in [0.5, 0.6) is 0 Å². The number of ether oxygens (including phenoxy) is 3. The predicted octanol–water partition coefficient (Wildman–Crippen LogP) is 4.97. The number of rotatable bonds is 6. The highest BCUT2D eigenvalue weighted by Crippen LogP contribution is 2.56. The van der Waals surface area contributed by atoms with Gasteiger partial charge in [-0.05, 0) is 50.5 Å². The fourth-order valence-corrected chi connectivity index (χ4v) is 5.77. The maximum Gasteiger partial charge on any atom is 0.407 e. The molecule has 0 aliphatic heterocycles. The first-order valence-electron chi connectivity index (χ1n) is 13.0. The van der Waals surface area contributed by atoms with Crippen molar-refractivity contribution < 1.29 is 38.5 Å². The largest absolute Gasteiger partial charge is 0.481 e. The maximum atomic E-state index is 12.1. The van der Waals surface area contributed by atoms with Gasteiger partial charge < -0.3 is 24.6 Å². The SMILES string of the molecule is COC(=O)[C@@]1(C)CC[C@@H](C(=O)O)C1(C)C.COC(=O)[C@@]1(C)CC[C@@H](NC(=O)OCc2ccccc2)C1(C)C. The molecule has 1 amide bonds. The lowest BCUT2D eigenvalue weighted by molar-refractivity contribution is -0.161. The van der Waals surface area contributed by atoms with Crippen LogP contribution in [0.4, 0.5) is 4.79 Å². The summed E-state index contributed by atoms with van der Waals surface area (Å²) >= 11 is 0. The molecule has 1 aromatic carbocycles. The molecule has 212 valence electrons. The molecule has 0 aromatic heterocycles. The molecule has 4 atom stereocenters. The monoisotopic (exact) mass is 533 g/mol. The molecular weight excluding hydrogens is 490 g/mol. The van der Waals surface area contributed by atoms with Gasteiger partial charge >= 0.3 is 24.0 Å².